The molecule has 4 rings (SSSR count). The lowest BCUT2D eigenvalue weighted by Crippen LogP contribution is -2.27. The zero-order valence-corrected chi connectivity index (χ0v) is 27.1. The quantitative estimate of drug-likeness (QED) is 0.0830. The summed E-state index contributed by atoms with van der Waals surface area (Å²) in [6.45, 7) is 4.73. The van der Waals surface area contributed by atoms with Crippen LogP contribution in [0.5, 0.6) is 11.5 Å². The van der Waals surface area contributed by atoms with Crippen molar-refractivity contribution >= 4 is 11.9 Å². The summed E-state index contributed by atoms with van der Waals surface area (Å²) in [5, 5.41) is 0. The van der Waals surface area contributed by atoms with E-state index in [4.69, 9.17) is 14.2 Å². The number of hydrogen-bond donors (Lipinski definition) is 0. The van der Waals surface area contributed by atoms with Crippen molar-refractivity contribution in [1.29, 1.82) is 0 Å². The van der Waals surface area contributed by atoms with Crippen LogP contribution in [0.1, 0.15) is 53.2 Å². The molecule has 4 aromatic carbocycles. The van der Waals surface area contributed by atoms with Gasteiger partial charge in [-0.1, -0.05) is 66.7 Å². The summed E-state index contributed by atoms with van der Waals surface area (Å²) < 4.78 is 57.5. The molecule has 4 aromatic rings. The number of hydrogen-bond acceptors (Lipinski definition) is 7. The van der Waals surface area contributed by atoms with Crippen molar-refractivity contribution in [2.75, 3.05) is 26.8 Å². The van der Waals surface area contributed by atoms with E-state index in [0.717, 1.165) is 65.9 Å². The molecule has 0 spiro atoms. The largest absolute Gasteiger partial charge is 0.573 e. The van der Waals surface area contributed by atoms with Crippen LogP contribution in [0.4, 0.5) is 13.2 Å². The number of alkyl halides is 3. The van der Waals surface area contributed by atoms with Gasteiger partial charge >= 0.3 is 18.3 Å². The van der Waals surface area contributed by atoms with E-state index >= 15 is 0 Å². The van der Waals surface area contributed by atoms with Crippen LogP contribution in [0.3, 0.4) is 0 Å². The molecule has 0 aromatic heterocycles. The van der Waals surface area contributed by atoms with E-state index in [9.17, 15) is 22.8 Å². The number of esters is 2. The topological polar surface area (TPSA) is 74.3 Å². The summed E-state index contributed by atoms with van der Waals surface area (Å²) in [6, 6.07) is 28.7. The number of para-hydroxylation sites is 1. The molecular formula is C38H40F3NO6. The highest BCUT2D eigenvalue weighted by Crippen LogP contribution is 2.27. The van der Waals surface area contributed by atoms with Gasteiger partial charge in [-0.15, -0.1) is 13.2 Å². The Bertz CT molecular complexity index is 1590. The van der Waals surface area contributed by atoms with Crippen LogP contribution in [0.25, 0.3) is 11.1 Å². The molecule has 0 heterocycles. The minimum atomic E-state index is -4.73. The lowest BCUT2D eigenvalue weighted by atomic mass is 10.0. The highest BCUT2D eigenvalue weighted by atomic mass is 19.4. The van der Waals surface area contributed by atoms with Gasteiger partial charge in [0.05, 0.1) is 19.3 Å². The van der Waals surface area contributed by atoms with Crippen molar-refractivity contribution in [3.05, 3.63) is 119 Å². The third-order valence-electron chi connectivity index (χ3n) is 7.63. The molecule has 0 unspecified atom stereocenters. The van der Waals surface area contributed by atoms with Crippen LogP contribution in [-0.2, 0) is 33.8 Å². The number of methoxy groups -OCH3 is 1. The van der Waals surface area contributed by atoms with Gasteiger partial charge < -0.3 is 18.9 Å². The first-order chi connectivity index (χ1) is 23.1. The molecule has 0 saturated heterocycles. The molecular weight excluding hydrogens is 623 g/mol. The second-order valence-electron chi connectivity index (χ2n) is 11.1. The molecule has 0 atom stereocenters. The number of unbranched alkanes of at least 4 members (excludes halogenated alkanes) is 1. The smallest absolute Gasteiger partial charge is 0.489 e. The third-order valence-corrected chi connectivity index (χ3v) is 7.63. The van der Waals surface area contributed by atoms with Crippen molar-refractivity contribution in [3.8, 4) is 22.6 Å². The lowest BCUT2D eigenvalue weighted by molar-refractivity contribution is -0.274. The Morgan fingerprint density at radius 1 is 0.771 bits per heavy atom. The molecule has 0 N–H and O–H groups in total. The fourth-order valence-electron chi connectivity index (χ4n) is 5.16. The molecule has 48 heavy (non-hydrogen) atoms. The molecule has 0 bridgehead atoms. The molecule has 0 amide bonds. The standard InChI is InChI=1S/C38H40F3NO6/c1-3-46-36(43)10-6-7-24-42(26-28-11-17-33(18-12-28)37(44)45-2)25-23-32-8-4-5-9-35(32)47-27-29-13-15-30(16-14-29)31-19-21-34(22-20-31)48-38(39,40)41/h4-5,8-9,11-22H,3,6-7,10,23-27H2,1-2H3. The van der Waals surface area contributed by atoms with Crippen LogP contribution in [0, 0.1) is 0 Å². The van der Waals surface area contributed by atoms with Crippen LogP contribution in [-0.4, -0.2) is 50.0 Å². The van der Waals surface area contributed by atoms with Gasteiger partial charge in [0.15, 0.2) is 0 Å². The molecule has 10 heteroatoms. The maximum absolute atomic E-state index is 12.5. The van der Waals surface area contributed by atoms with Crippen molar-refractivity contribution in [2.24, 2.45) is 0 Å². The van der Waals surface area contributed by atoms with Gasteiger partial charge in [-0.05, 0) is 90.9 Å². The predicted molar refractivity (Wildman–Crippen MR) is 177 cm³/mol. The summed E-state index contributed by atoms with van der Waals surface area (Å²) in [5.41, 5.74) is 5.20. The molecule has 7 nitrogen and oxygen atoms in total. The monoisotopic (exact) mass is 663 g/mol. The van der Waals surface area contributed by atoms with Crippen LogP contribution in [0.15, 0.2) is 97.1 Å². The highest BCUT2D eigenvalue weighted by Gasteiger charge is 2.31. The minimum absolute atomic E-state index is 0.184. The van der Waals surface area contributed by atoms with Gasteiger partial charge in [0.25, 0.3) is 0 Å². The van der Waals surface area contributed by atoms with Crippen molar-refractivity contribution in [1.82, 2.24) is 4.90 Å². The highest BCUT2D eigenvalue weighted by molar-refractivity contribution is 5.89. The van der Waals surface area contributed by atoms with Crippen LogP contribution < -0.4 is 9.47 Å². The Labute approximate surface area is 279 Å². The predicted octanol–water partition coefficient (Wildman–Crippen LogP) is 8.40. The normalized spacial score (nSPS) is 11.3. The number of halogens is 3. The van der Waals surface area contributed by atoms with Crippen molar-refractivity contribution < 1.29 is 41.7 Å². The Morgan fingerprint density at radius 3 is 2.06 bits per heavy atom. The number of nitrogens with zero attached hydrogens (tertiary/aromatic N) is 1. The van der Waals surface area contributed by atoms with Gasteiger partial charge in [0.2, 0.25) is 0 Å². The van der Waals surface area contributed by atoms with E-state index in [0.29, 0.717) is 31.7 Å². The average Bonchev–Trinajstić information content (AvgIpc) is 3.08. The molecule has 254 valence electrons. The number of rotatable bonds is 17. The fourth-order valence-corrected chi connectivity index (χ4v) is 5.16. The molecule has 0 radical (unpaired) electrons. The fraction of sp³-hybridized carbons (Fsp3) is 0.316. The molecule has 0 saturated carbocycles. The van der Waals surface area contributed by atoms with Gasteiger partial charge in [0.1, 0.15) is 18.1 Å². The van der Waals surface area contributed by atoms with Crippen molar-refractivity contribution in [3.63, 3.8) is 0 Å². The Kier molecular flexibility index (Phi) is 13.4. The van der Waals surface area contributed by atoms with E-state index in [1.165, 1.54) is 19.2 Å². The molecule has 0 aliphatic heterocycles. The summed E-state index contributed by atoms with van der Waals surface area (Å²) in [7, 11) is 1.36. The molecule has 0 fully saturated rings. The Hall–Kier alpha value is -4.83. The number of carbonyl (C=O) groups is 2. The number of ether oxygens (including phenoxy) is 4. The Morgan fingerprint density at radius 2 is 1.42 bits per heavy atom. The Balaban J connectivity index is 1.36. The van der Waals surface area contributed by atoms with Crippen LogP contribution >= 0.6 is 0 Å². The van der Waals surface area contributed by atoms with Gasteiger partial charge in [-0.3, -0.25) is 9.69 Å². The van der Waals surface area contributed by atoms with Crippen molar-refractivity contribution in [2.45, 2.75) is 52.1 Å². The number of carbonyl (C=O) groups excluding carboxylic acids is 2. The van der Waals surface area contributed by atoms with Gasteiger partial charge in [-0.25, -0.2) is 4.79 Å². The summed E-state index contributed by atoms with van der Waals surface area (Å²) >= 11 is 0. The maximum Gasteiger partial charge on any atom is 0.573 e. The van der Waals surface area contributed by atoms with E-state index in [2.05, 4.69) is 15.7 Å². The zero-order valence-electron chi connectivity index (χ0n) is 27.1. The van der Waals surface area contributed by atoms with E-state index in [1.807, 2.05) is 54.6 Å². The summed E-state index contributed by atoms with van der Waals surface area (Å²) in [4.78, 5) is 26.0. The second-order valence-corrected chi connectivity index (χ2v) is 11.1. The van der Waals surface area contributed by atoms with E-state index in [-0.39, 0.29) is 17.7 Å². The SMILES string of the molecule is CCOC(=O)CCCCN(CCc1ccccc1OCc1ccc(-c2ccc(OC(F)(F)F)cc2)cc1)Cc1ccc(C(=O)OC)cc1. The van der Waals surface area contributed by atoms with Gasteiger partial charge in [0, 0.05) is 19.5 Å². The maximum atomic E-state index is 12.5. The average molecular weight is 664 g/mol. The van der Waals surface area contributed by atoms with Gasteiger partial charge in [-0.2, -0.15) is 0 Å². The minimum Gasteiger partial charge on any atom is -0.489 e. The van der Waals surface area contributed by atoms with Crippen LogP contribution in [0.2, 0.25) is 0 Å². The summed E-state index contributed by atoms with van der Waals surface area (Å²) in [5.74, 6) is -0.0391. The van der Waals surface area contributed by atoms with E-state index in [1.54, 1.807) is 31.2 Å². The lowest BCUT2D eigenvalue weighted by Gasteiger charge is -2.23. The summed E-state index contributed by atoms with van der Waals surface area (Å²) in [6.07, 6.45) is -2.04. The van der Waals surface area contributed by atoms with E-state index < -0.39 is 6.36 Å². The first-order valence-electron chi connectivity index (χ1n) is 15.8. The second kappa shape index (κ2) is 17.9. The first kappa shape index (κ1) is 36.0. The zero-order chi connectivity index (χ0) is 34.4. The molecule has 0 aliphatic rings. The number of benzene rings is 4. The third kappa shape index (κ3) is 11.8. The molecule has 0 aliphatic carbocycles. The first-order valence-corrected chi connectivity index (χ1v) is 15.8.